The van der Waals surface area contributed by atoms with E-state index in [-0.39, 0.29) is 30.4 Å². The Labute approximate surface area is 189 Å². The van der Waals surface area contributed by atoms with Crippen LogP contribution in [0.1, 0.15) is 55.2 Å². The minimum absolute atomic E-state index is 0.0131. The lowest BCUT2D eigenvalue weighted by molar-refractivity contribution is -0.166. The number of aliphatic hydroxyl groups is 1. The van der Waals surface area contributed by atoms with Gasteiger partial charge < -0.3 is 19.9 Å². The van der Waals surface area contributed by atoms with Crippen molar-refractivity contribution in [3.63, 3.8) is 0 Å². The number of aliphatic hydroxyl groups excluding tert-OH is 1. The highest BCUT2D eigenvalue weighted by Crippen LogP contribution is 2.43. The summed E-state index contributed by atoms with van der Waals surface area (Å²) in [7, 11) is 0. The summed E-state index contributed by atoms with van der Waals surface area (Å²) in [6.45, 7) is 2.57. The minimum atomic E-state index is -0.507. The molecule has 32 heavy (non-hydrogen) atoms. The summed E-state index contributed by atoms with van der Waals surface area (Å²) in [5.74, 6) is 0.211. The molecule has 0 aromatic heterocycles. The Balaban J connectivity index is 1.50. The Kier molecular flexibility index (Phi) is 6.03. The second-order valence-electron chi connectivity index (χ2n) is 9.03. The molecule has 5 rings (SSSR count). The van der Waals surface area contributed by atoms with Crippen molar-refractivity contribution in [3.8, 4) is 11.1 Å². The average molecular weight is 434 g/mol. The van der Waals surface area contributed by atoms with Crippen molar-refractivity contribution < 1.29 is 19.4 Å². The van der Waals surface area contributed by atoms with Crippen LogP contribution in [0, 0.1) is 5.92 Å². The lowest BCUT2D eigenvalue weighted by Crippen LogP contribution is -2.39. The van der Waals surface area contributed by atoms with Gasteiger partial charge in [0, 0.05) is 31.1 Å². The monoisotopic (exact) mass is 433 g/mol. The summed E-state index contributed by atoms with van der Waals surface area (Å²) in [5.41, 5.74) is 6.45. The van der Waals surface area contributed by atoms with Gasteiger partial charge in [-0.25, -0.2) is 0 Å². The first-order valence-corrected chi connectivity index (χ1v) is 11.8. The van der Waals surface area contributed by atoms with Crippen LogP contribution in [0.4, 0.5) is 0 Å². The summed E-state index contributed by atoms with van der Waals surface area (Å²) >= 11 is 0. The molecule has 1 heterocycles. The lowest BCUT2D eigenvalue weighted by atomic mass is 9.80. The second kappa shape index (κ2) is 9.08. The van der Waals surface area contributed by atoms with E-state index in [2.05, 4.69) is 47.8 Å². The van der Waals surface area contributed by atoms with Gasteiger partial charge in [0.05, 0.1) is 0 Å². The average Bonchev–Trinajstić information content (AvgIpc) is 3.54. The highest BCUT2D eigenvalue weighted by molar-refractivity contribution is 5.92. The summed E-state index contributed by atoms with van der Waals surface area (Å²) in [4.78, 5) is 12.8. The van der Waals surface area contributed by atoms with E-state index in [1.165, 1.54) is 27.8 Å². The molecule has 0 saturated heterocycles. The van der Waals surface area contributed by atoms with Crippen LogP contribution in [0.15, 0.2) is 54.3 Å². The number of carbonyl (C=O) groups excluding carboxylic acids is 1. The fourth-order valence-corrected chi connectivity index (χ4v) is 5.00. The van der Waals surface area contributed by atoms with E-state index in [1.807, 2.05) is 13.0 Å². The zero-order valence-corrected chi connectivity index (χ0v) is 18.5. The normalized spacial score (nSPS) is 23.7. The molecule has 5 heteroatoms. The van der Waals surface area contributed by atoms with Crippen LogP contribution in [-0.2, 0) is 20.7 Å². The second-order valence-corrected chi connectivity index (χ2v) is 9.03. The van der Waals surface area contributed by atoms with Crippen LogP contribution in [-0.4, -0.2) is 36.6 Å². The summed E-state index contributed by atoms with van der Waals surface area (Å²) in [6.07, 6.45) is 5.88. The first-order chi connectivity index (χ1) is 15.7. The van der Waals surface area contributed by atoms with E-state index in [4.69, 9.17) is 9.47 Å². The Morgan fingerprint density at radius 2 is 1.97 bits per heavy atom. The van der Waals surface area contributed by atoms with Gasteiger partial charge in [0.1, 0.15) is 0 Å². The molecular weight excluding hydrogens is 402 g/mol. The minimum Gasteiger partial charge on any atom is -0.459 e. The number of amides is 1. The quantitative estimate of drug-likeness (QED) is 0.556. The van der Waals surface area contributed by atoms with E-state index >= 15 is 0 Å². The molecule has 0 radical (unpaired) electrons. The van der Waals surface area contributed by atoms with Crippen molar-refractivity contribution in [2.45, 2.75) is 57.3 Å². The van der Waals surface area contributed by atoms with E-state index in [9.17, 15) is 9.90 Å². The molecule has 1 amide bonds. The highest BCUT2D eigenvalue weighted by atomic mass is 16.7. The lowest BCUT2D eigenvalue weighted by Gasteiger charge is -2.37. The number of nitrogens with one attached hydrogen (secondary N) is 1. The van der Waals surface area contributed by atoms with Crippen molar-refractivity contribution in [3.05, 3.63) is 71.0 Å². The number of hydrogen-bond donors (Lipinski definition) is 2. The van der Waals surface area contributed by atoms with E-state index in [0.29, 0.717) is 18.8 Å². The van der Waals surface area contributed by atoms with Crippen molar-refractivity contribution in [2.24, 2.45) is 5.92 Å². The van der Waals surface area contributed by atoms with Crippen LogP contribution in [0.25, 0.3) is 11.1 Å². The maximum absolute atomic E-state index is 12.8. The molecule has 2 aliphatic carbocycles. The molecule has 2 N–H and O–H groups in total. The third-order valence-electron chi connectivity index (χ3n) is 6.75. The van der Waals surface area contributed by atoms with Gasteiger partial charge in [-0.3, -0.25) is 4.79 Å². The molecule has 2 aromatic rings. The topological polar surface area (TPSA) is 67.8 Å². The first-order valence-electron chi connectivity index (χ1n) is 11.8. The molecule has 5 nitrogen and oxygen atoms in total. The van der Waals surface area contributed by atoms with Gasteiger partial charge in [0.15, 0.2) is 5.76 Å². The standard InChI is InChI=1S/C27H31NO4/c1-2-31-27-23(8-5-13-29)24(16-25(32-27)26(30)28-20-10-11-20)18-9-12-22-19(15-18)14-17-6-3-4-7-21(17)22/h3-4,6-7,9,12,15-16,20,23-24,27,29H,2,5,8,10-11,13-14H2,1H3,(H,28,30)/t23-,24+,27+/m1/s1. The largest absolute Gasteiger partial charge is 0.459 e. The fourth-order valence-electron chi connectivity index (χ4n) is 5.00. The maximum atomic E-state index is 12.8. The first kappa shape index (κ1) is 21.2. The number of hydrogen-bond acceptors (Lipinski definition) is 4. The molecule has 1 aliphatic heterocycles. The van der Waals surface area contributed by atoms with Crippen LogP contribution >= 0.6 is 0 Å². The number of fused-ring (bicyclic) bond motifs is 3. The molecule has 0 unspecified atom stereocenters. The molecule has 2 aromatic carbocycles. The van der Waals surface area contributed by atoms with Gasteiger partial charge in [-0.05, 0) is 72.9 Å². The molecule has 1 fully saturated rings. The van der Waals surface area contributed by atoms with Gasteiger partial charge in [-0.2, -0.15) is 0 Å². The summed E-state index contributed by atoms with van der Waals surface area (Å²) in [5, 5.41) is 12.5. The van der Waals surface area contributed by atoms with E-state index in [1.54, 1.807) is 0 Å². The number of rotatable bonds is 8. The van der Waals surface area contributed by atoms with Crippen molar-refractivity contribution in [2.75, 3.05) is 13.2 Å². The summed E-state index contributed by atoms with van der Waals surface area (Å²) in [6, 6.07) is 15.5. The van der Waals surface area contributed by atoms with Gasteiger partial charge in [0.25, 0.3) is 5.91 Å². The number of carbonyl (C=O) groups is 1. The van der Waals surface area contributed by atoms with Crippen molar-refractivity contribution in [1.29, 1.82) is 0 Å². The van der Waals surface area contributed by atoms with Gasteiger partial charge >= 0.3 is 0 Å². The fraction of sp³-hybridized carbons (Fsp3) is 0.444. The zero-order valence-electron chi connectivity index (χ0n) is 18.5. The predicted molar refractivity (Wildman–Crippen MR) is 123 cm³/mol. The van der Waals surface area contributed by atoms with Crippen LogP contribution < -0.4 is 5.32 Å². The van der Waals surface area contributed by atoms with Gasteiger partial charge in [-0.15, -0.1) is 0 Å². The number of ether oxygens (including phenoxy) is 2. The van der Waals surface area contributed by atoms with Gasteiger partial charge in [0.2, 0.25) is 6.29 Å². The van der Waals surface area contributed by atoms with Crippen LogP contribution in [0.5, 0.6) is 0 Å². The Hall–Kier alpha value is -2.63. The zero-order chi connectivity index (χ0) is 22.1. The molecule has 3 atom stereocenters. The SMILES string of the molecule is CCO[C@H]1OC(C(=O)NC2CC2)=C[C@@H](c2ccc3c(c2)Cc2ccccc2-3)[C@H]1CCCO. The molecule has 3 aliphatic rings. The van der Waals surface area contributed by atoms with Crippen LogP contribution in [0.3, 0.4) is 0 Å². The Morgan fingerprint density at radius 3 is 2.75 bits per heavy atom. The molecule has 1 saturated carbocycles. The van der Waals surface area contributed by atoms with Gasteiger partial charge in [-0.1, -0.05) is 42.5 Å². The summed E-state index contributed by atoms with van der Waals surface area (Å²) < 4.78 is 12.0. The third-order valence-corrected chi connectivity index (χ3v) is 6.75. The maximum Gasteiger partial charge on any atom is 0.286 e. The number of allylic oxidation sites excluding steroid dienone is 1. The molecule has 0 bridgehead atoms. The highest BCUT2D eigenvalue weighted by Gasteiger charge is 2.39. The molecule has 0 spiro atoms. The number of benzene rings is 2. The third kappa shape index (κ3) is 4.19. The van der Waals surface area contributed by atoms with Crippen molar-refractivity contribution in [1.82, 2.24) is 5.32 Å². The predicted octanol–water partition coefficient (Wildman–Crippen LogP) is 4.29. The molecular formula is C27H31NO4. The van der Waals surface area contributed by atoms with Crippen molar-refractivity contribution >= 4 is 5.91 Å². The van der Waals surface area contributed by atoms with Crippen LogP contribution in [0.2, 0.25) is 0 Å². The van der Waals surface area contributed by atoms with E-state index < -0.39 is 6.29 Å². The van der Waals surface area contributed by atoms with E-state index in [0.717, 1.165) is 25.7 Å². The smallest absolute Gasteiger partial charge is 0.286 e. The molecule has 168 valence electrons. The Morgan fingerprint density at radius 1 is 1.16 bits per heavy atom. The Bertz CT molecular complexity index is 1030.